The molecule has 20 heavy (non-hydrogen) atoms. The van der Waals surface area contributed by atoms with Crippen LogP contribution in [0.25, 0.3) is 0 Å². The van der Waals surface area contributed by atoms with Crippen LogP contribution in [-0.2, 0) is 7.05 Å². The van der Waals surface area contributed by atoms with Gasteiger partial charge in [-0.1, -0.05) is 6.92 Å². The molecule has 1 N–H and O–H groups in total. The molecular formula is C16H30N4. The molecule has 1 aromatic heterocycles. The predicted octanol–water partition coefficient (Wildman–Crippen LogP) is 2.64. The van der Waals surface area contributed by atoms with E-state index in [-0.39, 0.29) is 0 Å². The maximum atomic E-state index is 4.35. The van der Waals surface area contributed by atoms with E-state index in [2.05, 4.69) is 36.1 Å². The molecule has 0 aliphatic carbocycles. The lowest BCUT2D eigenvalue weighted by Crippen LogP contribution is -2.33. The standard InChI is InChI=1S/C16H30N4/c1-5-9-20-10-6-7-15(8-11-20)18-13(2)16-12-17-19(4)14(16)3/h12-13,15,18H,5-11H2,1-4H3. The predicted molar refractivity (Wildman–Crippen MR) is 83.9 cm³/mol. The van der Waals surface area contributed by atoms with Crippen molar-refractivity contribution < 1.29 is 0 Å². The molecule has 0 aromatic carbocycles. The molecular weight excluding hydrogens is 248 g/mol. The first-order chi connectivity index (χ1) is 9.61. The number of aryl methyl sites for hydroxylation is 1. The lowest BCUT2D eigenvalue weighted by molar-refractivity contribution is 0.281. The second-order valence-electron chi connectivity index (χ2n) is 6.17. The zero-order valence-corrected chi connectivity index (χ0v) is 13.5. The van der Waals surface area contributed by atoms with Crippen LogP contribution in [0.4, 0.5) is 0 Å². The molecule has 0 radical (unpaired) electrons. The number of nitrogens with one attached hydrogen (secondary N) is 1. The number of nitrogens with zero attached hydrogens (tertiary/aromatic N) is 3. The Morgan fingerprint density at radius 2 is 2.20 bits per heavy atom. The molecule has 1 fully saturated rings. The van der Waals surface area contributed by atoms with Crippen molar-refractivity contribution in [2.45, 2.75) is 58.5 Å². The zero-order chi connectivity index (χ0) is 14.5. The minimum atomic E-state index is 0.395. The summed E-state index contributed by atoms with van der Waals surface area (Å²) < 4.78 is 1.96. The molecule has 0 saturated carbocycles. The van der Waals surface area contributed by atoms with E-state index < -0.39 is 0 Å². The molecule has 0 amide bonds. The van der Waals surface area contributed by atoms with Crippen LogP contribution in [0.1, 0.15) is 56.8 Å². The lowest BCUT2D eigenvalue weighted by Gasteiger charge is -2.22. The lowest BCUT2D eigenvalue weighted by atomic mass is 10.0. The molecule has 2 atom stereocenters. The summed E-state index contributed by atoms with van der Waals surface area (Å²) in [5.74, 6) is 0. The zero-order valence-electron chi connectivity index (χ0n) is 13.5. The molecule has 1 aromatic rings. The highest BCUT2D eigenvalue weighted by molar-refractivity contribution is 5.19. The van der Waals surface area contributed by atoms with Gasteiger partial charge in [-0.25, -0.2) is 0 Å². The fraction of sp³-hybridized carbons (Fsp3) is 0.812. The number of aromatic nitrogens is 2. The maximum absolute atomic E-state index is 4.35. The minimum Gasteiger partial charge on any atom is -0.307 e. The molecule has 4 nitrogen and oxygen atoms in total. The number of rotatable bonds is 5. The van der Waals surface area contributed by atoms with Crippen LogP contribution in [0, 0.1) is 6.92 Å². The fourth-order valence-electron chi connectivity index (χ4n) is 3.25. The van der Waals surface area contributed by atoms with E-state index in [1.54, 1.807) is 0 Å². The van der Waals surface area contributed by atoms with Gasteiger partial charge in [0, 0.05) is 30.4 Å². The van der Waals surface area contributed by atoms with Crippen LogP contribution in [0.2, 0.25) is 0 Å². The third kappa shape index (κ3) is 3.83. The average Bonchev–Trinajstić information content (AvgIpc) is 2.63. The Morgan fingerprint density at radius 1 is 1.40 bits per heavy atom. The highest BCUT2D eigenvalue weighted by atomic mass is 15.3. The van der Waals surface area contributed by atoms with Gasteiger partial charge >= 0.3 is 0 Å². The van der Waals surface area contributed by atoms with Gasteiger partial charge < -0.3 is 10.2 Å². The molecule has 2 rings (SSSR count). The Morgan fingerprint density at radius 3 is 2.85 bits per heavy atom. The van der Waals surface area contributed by atoms with Crippen molar-refractivity contribution in [1.82, 2.24) is 20.0 Å². The second-order valence-corrected chi connectivity index (χ2v) is 6.17. The monoisotopic (exact) mass is 278 g/mol. The van der Waals surface area contributed by atoms with Crippen LogP contribution in [-0.4, -0.2) is 40.4 Å². The van der Waals surface area contributed by atoms with Crippen molar-refractivity contribution in [2.75, 3.05) is 19.6 Å². The molecule has 2 heterocycles. The maximum Gasteiger partial charge on any atom is 0.0540 e. The van der Waals surface area contributed by atoms with Crippen LogP contribution < -0.4 is 5.32 Å². The van der Waals surface area contributed by atoms with Crippen molar-refractivity contribution in [2.24, 2.45) is 7.05 Å². The summed E-state index contributed by atoms with van der Waals surface area (Å²) in [5, 5.41) is 8.17. The Hall–Kier alpha value is -0.870. The van der Waals surface area contributed by atoms with E-state index in [0.29, 0.717) is 12.1 Å². The second kappa shape index (κ2) is 7.23. The van der Waals surface area contributed by atoms with E-state index in [4.69, 9.17) is 0 Å². The van der Waals surface area contributed by atoms with Crippen molar-refractivity contribution in [3.05, 3.63) is 17.5 Å². The van der Waals surface area contributed by atoms with Crippen molar-refractivity contribution in [3.63, 3.8) is 0 Å². The molecule has 1 aliphatic rings. The Bertz CT molecular complexity index is 413. The smallest absolute Gasteiger partial charge is 0.0540 e. The van der Waals surface area contributed by atoms with Crippen molar-refractivity contribution in [1.29, 1.82) is 0 Å². The van der Waals surface area contributed by atoms with E-state index in [9.17, 15) is 0 Å². The van der Waals surface area contributed by atoms with E-state index in [0.717, 1.165) is 0 Å². The molecule has 0 bridgehead atoms. The van der Waals surface area contributed by atoms with Gasteiger partial charge in [0.1, 0.15) is 0 Å². The van der Waals surface area contributed by atoms with Gasteiger partial charge in [-0.3, -0.25) is 4.68 Å². The third-order valence-corrected chi connectivity index (χ3v) is 4.59. The summed E-state index contributed by atoms with van der Waals surface area (Å²) in [6.45, 7) is 10.4. The van der Waals surface area contributed by atoms with E-state index in [1.165, 1.54) is 56.6 Å². The van der Waals surface area contributed by atoms with Gasteiger partial charge in [-0.2, -0.15) is 5.10 Å². The Balaban J connectivity index is 1.88. The van der Waals surface area contributed by atoms with E-state index in [1.807, 2.05) is 17.9 Å². The molecule has 2 unspecified atom stereocenters. The molecule has 0 spiro atoms. The first-order valence-corrected chi connectivity index (χ1v) is 8.08. The normalized spacial score (nSPS) is 22.7. The van der Waals surface area contributed by atoms with Crippen LogP contribution >= 0.6 is 0 Å². The largest absolute Gasteiger partial charge is 0.307 e. The highest BCUT2D eigenvalue weighted by Crippen LogP contribution is 2.20. The van der Waals surface area contributed by atoms with Gasteiger partial charge in [0.2, 0.25) is 0 Å². The van der Waals surface area contributed by atoms with Gasteiger partial charge in [0.25, 0.3) is 0 Å². The molecule has 1 aliphatic heterocycles. The van der Waals surface area contributed by atoms with Gasteiger partial charge in [-0.15, -0.1) is 0 Å². The Labute approximate surface area is 123 Å². The molecule has 1 saturated heterocycles. The van der Waals surface area contributed by atoms with Crippen LogP contribution in [0.3, 0.4) is 0 Å². The van der Waals surface area contributed by atoms with Crippen molar-refractivity contribution in [3.8, 4) is 0 Å². The summed E-state index contributed by atoms with van der Waals surface area (Å²) >= 11 is 0. The Kier molecular flexibility index (Phi) is 5.61. The summed E-state index contributed by atoms with van der Waals surface area (Å²) in [6, 6.07) is 1.04. The summed E-state index contributed by atoms with van der Waals surface area (Å²) in [4.78, 5) is 2.61. The highest BCUT2D eigenvalue weighted by Gasteiger charge is 2.20. The topological polar surface area (TPSA) is 33.1 Å². The quantitative estimate of drug-likeness (QED) is 0.899. The SMILES string of the molecule is CCCN1CCCC(NC(C)c2cnn(C)c2C)CC1. The van der Waals surface area contributed by atoms with Gasteiger partial charge in [-0.05, 0) is 59.2 Å². The van der Waals surface area contributed by atoms with Crippen LogP contribution in [0.15, 0.2) is 6.20 Å². The molecule has 4 heteroatoms. The summed E-state index contributed by atoms with van der Waals surface area (Å²) in [6.07, 6.45) is 7.15. The van der Waals surface area contributed by atoms with Gasteiger partial charge in [0.05, 0.1) is 6.20 Å². The summed E-state index contributed by atoms with van der Waals surface area (Å²) in [7, 11) is 2.01. The fourth-order valence-corrected chi connectivity index (χ4v) is 3.25. The number of hydrogen-bond acceptors (Lipinski definition) is 3. The first-order valence-electron chi connectivity index (χ1n) is 8.08. The average molecular weight is 278 g/mol. The third-order valence-electron chi connectivity index (χ3n) is 4.59. The van der Waals surface area contributed by atoms with Crippen molar-refractivity contribution >= 4 is 0 Å². The first kappa shape index (κ1) is 15.5. The van der Waals surface area contributed by atoms with E-state index >= 15 is 0 Å². The molecule has 114 valence electrons. The number of likely N-dealkylation sites (tertiary alicyclic amines) is 1. The van der Waals surface area contributed by atoms with Crippen LogP contribution in [0.5, 0.6) is 0 Å². The summed E-state index contributed by atoms with van der Waals surface area (Å²) in [5.41, 5.74) is 2.60. The number of hydrogen-bond donors (Lipinski definition) is 1. The minimum absolute atomic E-state index is 0.395. The van der Waals surface area contributed by atoms with Gasteiger partial charge in [0.15, 0.2) is 0 Å².